The van der Waals surface area contributed by atoms with Gasteiger partial charge in [0.1, 0.15) is 54.4 Å². The van der Waals surface area contributed by atoms with Gasteiger partial charge in [0.15, 0.2) is 0 Å². The third kappa shape index (κ3) is 27.9. The molecule has 1 aromatic carbocycles. The first-order valence-corrected chi connectivity index (χ1v) is 27.6. The number of hydrogen-bond donors (Lipinski definition) is 14. The molecule has 0 saturated carbocycles. The number of carboxylic acid groups (broad SMARTS) is 1. The van der Waals surface area contributed by atoms with Crippen molar-refractivity contribution in [1.29, 1.82) is 0 Å². The lowest BCUT2D eigenvalue weighted by Gasteiger charge is -2.28. The molecule has 0 aliphatic rings. The summed E-state index contributed by atoms with van der Waals surface area (Å²) >= 11 is 0. The number of carboxylic acids is 1. The number of carbonyl (C=O) groups is 10. The van der Waals surface area contributed by atoms with E-state index in [1.165, 1.54) is 20.8 Å². The predicted molar refractivity (Wildman–Crippen MR) is 297 cm³/mol. The average Bonchev–Trinajstić information content (AvgIpc) is 3.36. The van der Waals surface area contributed by atoms with Crippen LogP contribution in [0, 0.1) is 17.8 Å². The first kappa shape index (κ1) is 69.8. The van der Waals surface area contributed by atoms with Crippen LogP contribution in [0.4, 0.5) is 0 Å². The normalized spacial score (nSPS) is 15.2. The molecule has 1 aromatic rings. The second-order valence-corrected chi connectivity index (χ2v) is 21.4. The smallest absolute Gasteiger partial charge is 0.326 e. The maximum atomic E-state index is 14.1. The molecule has 78 heavy (non-hydrogen) atoms. The molecule has 24 heteroatoms. The first-order chi connectivity index (χ1) is 36.7. The molecule has 0 saturated heterocycles. The zero-order valence-corrected chi connectivity index (χ0v) is 47.5. The molecule has 0 aliphatic carbocycles. The Kier molecular flexibility index (Phi) is 33.6. The zero-order chi connectivity index (χ0) is 59.1. The summed E-state index contributed by atoms with van der Waals surface area (Å²) in [5, 5.41) is 33.6. The number of benzene rings is 1. The SMILES string of the molecule is CC(C)C[C@H](NC(=O)[C@H](CCCCN)NC(=O)[C@H](CCCCN)NC(=O)[C@H](C)NC(=O)[C@H](CCCCN)NC(=O)[C@H](CC(C)C)NC(=O)[C@H](C)NC(=O)[C@H](CC(C)C)NC(=O)[C@H](C)NC(=O)[C@@H](N)Cc1ccccc1)C(=O)O. The minimum atomic E-state index is -1.25. The molecular formula is C54H95N13O11. The van der Waals surface area contributed by atoms with Gasteiger partial charge in [0.05, 0.1) is 6.04 Å². The van der Waals surface area contributed by atoms with Gasteiger partial charge in [-0.05, 0) is 147 Å². The lowest BCUT2D eigenvalue weighted by molar-refractivity contribution is -0.143. The molecule has 0 aliphatic heterocycles. The molecule has 0 aromatic heterocycles. The minimum absolute atomic E-state index is 0.0547. The Morgan fingerprint density at radius 3 is 1.01 bits per heavy atom. The molecule has 24 nitrogen and oxygen atoms in total. The van der Waals surface area contributed by atoms with Gasteiger partial charge in [0.2, 0.25) is 53.2 Å². The highest BCUT2D eigenvalue weighted by Gasteiger charge is 2.34. The summed E-state index contributed by atoms with van der Waals surface area (Å²) in [4.78, 5) is 135. The summed E-state index contributed by atoms with van der Waals surface area (Å²) in [6.07, 6.45) is 3.84. The van der Waals surface area contributed by atoms with E-state index in [1.54, 1.807) is 0 Å². The number of nitrogens with one attached hydrogen (secondary N) is 9. The van der Waals surface area contributed by atoms with Gasteiger partial charge < -0.3 is 75.9 Å². The molecule has 442 valence electrons. The quantitative estimate of drug-likeness (QED) is 0.0373. The van der Waals surface area contributed by atoms with Gasteiger partial charge in [-0.1, -0.05) is 71.9 Å². The van der Waals surface area contributed by atoms with Crippen LogP contribution in [0.25, 0.3) is 0 Å². The van der Waals surface area contributed by atoms with Crippen molar-refractivity contribution in [2.24, 2.45) is 40.7 Å². The van der Waals surface area contributed by atoms with Crippen molar-refractivity contribution in [1.82, 2.24) is 47.9 Å². The zero-order valence-electron chi connectivity index (χ0n) is 47.5. The molecule has 0 heterocycles. The fourth-order valence-electron chi connectivity index (χ4n) is 8.20. The third-order valence-electron chi connectivity index (χ3n) is 12.6. The van der Waals surface area contributed by atoms with Crippen molar-refractivity contribution in [3.8, 4) is 0 Å². The molecule has 9 amide bonds. The van der Waals surface area contributed by atoms with Crippen LogP contribution >= 0.6 is 0 Å². The van der Waals surface area contributed by atoms with Crippen LogP contribution < -0.4 is 70.8 Å². The highest BCUT2D eigenvalue weighted by Crippen LogP contribution is 2.13. The number of hydrogen-bond acceptors (Lipinski definition) is 14. The van der Waals surface area contributed by atoms with Gasteiger partial charge in [-0.3, -0.25) is 43.2 Å². The summed E-state index contributed by atoms with van der Waals surface area (Å²) in [5.41, 5.74) is 24.1. The van der Waals surface area contributed by atoms with Crippen molar-refractivity contribution in [3.63, 3.8) is 0 Å². The van der Waals surface area contributed by atoms with Gasteiger partial charge >= 0.3 is 5.97 Å². The Morgan fingerprint density at radius 1 is 0.385 bits per heavy atom. The third-order valence-corrected chi connectivity index (χ3v) is 12.6. The molecule has 0 fully saturated rings. The summed E-state index contributed by atoms with van der Waals surface area (Å²) < 4.78 is 0. The number of carbonyl (C=O) groups excluding carboxylic acids is 9. The molecule has 1 rings (SSSR count). The predicted octanol–water partition coefficient (Wildman–Crippen LogP) is -0.411. The van der Waals surface area contributed by atoms with E-state index in [0.717, 1.165) is 5.56 Å². The van der Waals surface area contributed by atoms with Crippen molar-refractivity contribution < 1.29 is 53.1 Å². The van der Waals surface area contributed by atoms with Crippen LogP contribution in [0.5, 0.6) is 0 Å². The lowest BCUT2D eigenvalue weighted by atomic mass is 10.0. The number of nitrogens with two attached hydrogens (primary N) is 4. The largest absolute Gasteiger partial charge is 0.480 e. The van der Waals surface area contributed by atoms with Crippen molar-refractivity contribution >= 4 is 59.1 Å². The maximum Gasteiger partial charge on any atom is 0.326 e. The Morgan fingerprint density at radius 2 is 0.667 bits per heavy atom. The van der Waals surface area contributed by atoms with Crippen LogP contribution in [0.2, 0.25) is 0 Å². The minimum Gasteiger partial charge on any atom is -0.480 e. The molecular weight excluding hydrogens is 1010 g/mol. The molecule has 0 radical (unpaired) electrons. The number of unbranched alkanes of at least 4 members (excludes halogenated alkanes) is 3. The van der Waals surface area contributed by atoms with Gasteiger partial charge in [-0.2, -0.15) is 0 Å². The highest BCUT2D eigenvalue weighted by atomic mass is 16.4. The lowest BCUT2D eigenvalue weighted by Crippen LogP contribution is -2.60. The fourth-order valence-corrected chi connectivity index (χ4v) is 8.20. The molecule has 18 N–H and O–H groups in total. The van der Waals surface area contributed by atoms with Crippen LogP contribution in [0.1, 0.15) is 145 Å². The Labute approximate surface area is 461 Å². The van der Waals surface area contributed by atoms with E-state index >= 15 is 0 Å². The van der Waals surface area contributed by atoms with Gasteiger partial charge in [-0.25, -0.2) is 4.79 Å². The molecule has 0 bridgehead atoms. The van der Waals surface area contributed by atoms with E-state index in [-0.39, 0.29) is 62.7 Å². The number of aliphatic carboxylic acids is 1. The van der Waals surface area contributed by atoms with Gasteiger partial charge in [0, 0.05) is 0 Å². The Bertz CT molecular complexity index is 2060. The van der Waals surface area contributed by atoms with Crippen molar-refractivity contribution in [2.45, 2.75) is 206 Å². The van der Waals surface area contributed by atoms with E-state index < -0.39 is 120 Å². The monoisotopic (exact) mass is 1100 g/mol. The van der Waals surface area contributed by atoms with E-state index in [9.17, 15) is 53.1 Å². The van der Waals surface area contributed by atoms with E-state index in [4.69, 9.17) is 22.9 Å². The topological polar surface area (TPSA) is 403 Å². The van der Waals surface area contributed by atoms with Crippen LogP contribution in [-0.2, 0) is 54.4 Å². The van der Waals surface area contributed by atoms with E-state index in [1.807, 2.05) is 71.9 Å². The second-order valence-electron chi connectivity index (χ2n) is 21.4. The molecule has 0 spiro atoms. The molecule has 0 unspecified atom stereocenters. The van der Waals surface area contributed by atoms with E-state index in [2.05, 4.69) is 47.9 Å². The Hall–Kier alpha value is -6.24. The number of rotatable bonds is 39. The summed E-state index contributed by atoms with van der Waals surface area (Å²) in [6, 6.07) is -2.34. The van der Waals surface area contributed by atoms with Crippen molar-refractivity contribution in [2.75, 3.05) is 19.6 Å². The summed E-state index contributed by atoms with van der Waals surface area (Å²) in [6.45, 7) is 16.1. The van der Waals surface area contributed by atoms with Crippen LogP contribution in [0.15, 0.2) is 30.3 Å². The van der Waals surface area contributed by atoms with E-state index in [0.29, 0.717) is 58.2 Å². The fraction of sp³-hybridized carbons (Fsp3) is 0.704. The standard InChI is InChI=1S/C54H95N13O11/c1-31(2)27-42(65-46(69)34(7)59-48(71)38(58)30-37-19-11-10-12-20-37)52(75)61-36(9)47(70)66-43(28-32(3)4)53(76)64-39(21-13-16-24-55)49(72)60-35(8)45(68)62-40(22-14-17-25-56)50(73)63-41(23-15-18-26-57)51(74)67-44(54(77)78)29-33(5)6/h10-12,19-20,31-36,38-44H,13-18,21-30,55-58H2,1-9H3,(H,59,71)(H,60,72)(H,61,75)(H,62,68)(H,63,73)(H,64,76)(H,65,69)(H,66,70)(H,67,74)(H,77,78)/t34-,35-,36-,38-,39-,40-,41-,42-,43-,44-/m0/s1. The Balaban J connectivity index is 3.21. The van der Waals surface area contributed by atoms with Crippen molar-refractivity contribution in [3.05, 3.63) is 35.9 Å². The molecule has 10 atom stereocenters. The van der Waals surface area contributed by atoms with Gasteiger partial charge in [-0.15, -0.1) is 0 Å². The maximum absolute atomic E-state index is 14.1. The van der Waals surface area contributed by atoms with Crippen LogP contribution in [0.3, 0.4) is 0 Å². The van der Waals surface area contributed by atoms with Gasteiger partial charge in [0.25, 0.3) is 0 Å². The average molecular weight is 1100 g/mol. The second kappa shape index (κ2) is 37.6. The van der Waals surface area contributed by atoms with Crippen LogP contribution in [-0.4, -0.2) is 144 Å². The summed E-state index contributed by atoms with van der Waals surface area (Å²) in [5.74, 6) is -7.75. The number of amides is 9. The highest BCUT2D eigenvalue weighted by molar-refractivity contribution is 5.98. The summed E-state index contributed by atoms with van der Waals surface area (Å²) in [7, 11) is 0. The first-order valence-electron chi connectivity index (χ1n) is 27.6.